The molecule has 2 aromatic rings. The van der Waals surface area contributed by atoms with E-state index in [1.165, 1.54) is 12.1 Å². The zero-order valence-corrected chi connectivity index (χ0v) is 10.5. The molecule has 0 radical (unpaired) electrons. The summed E-state index contributed by atoms with van der Waals surface area (Å²) in [5.74, 6) is -1.52. The Hall–Kier alpha value is -2.89. The Morgan fingerprint density at radius 3 is 2.75 bits per heavy atom. The first-order valence-corrected chi connectivity index (χ1v) is 5.84. The second kappa shape index (κ2) is 5.83. The van der Waals surface area contributed by atoms with E-state index in [4.69, 9.17) is 4.42 Å². The van der Waals surface area contributed by atoms with Crippen molar-refractivity contribution in [3.05, 3.63) is 53.4 Å². The molecule has 0 bridgehead atoms. The molecule has 0 spiro atoms. The second-order valence-corrected chi connectivity index (χ2v) is 3.96. The summed E-state index contributed by atoms with van der Waals surface area (Å²) in [6.07, 6.45) is 1.48. The van der Waals surface area contributed by atoms with Crippen LogP contribution in [0.15, 0.2) is 52.2 Å². The molecule has 1 aromatic carbocycles. The molecular formula is C14H12N2O4. The molecular weight excluding hydrogens is 260 g/mol. The molecule has 0 aliphatic rings. The summed E-state index contributed by atoms with van der Waals surface area (Å²) in [7, 11) is 0. The Balaban J connectivity index is 2.15. The van der Waals surface area contributed by atoms with Gasteiger partial charge in [-0.1, -0.05) is 6.08 Å². The number of carbonyl (C=O) groups excluding carboxylic acids is 2. The molecule has 0 saturated heterocycles. The predicted octanol–water partition coefficient (Wildman–Crippen LogP) is 1.03. The van der Waals surface area contributed by atoms with E-state index in [1.807, 2.05) is 0 Å². The van der Waals surface area contributed by atoms with Crippen LogP contribution in [0.25, 0.3) is 11.0 Å². The van der Waals surface area contributed by atoms with Gasteiger partial charge in [0.05, 0.1) is 0 Å². The second-order valence-electron chi connectivity index (χ2n) is 3.96. The van der Waals surface area contributed by atoms with Crippen molar-refractivity contribution in [3.8, 4) is 0 Å². The zero-order valence-electron chi connectivity index (χ0n) is 10.5. The maximum atomic E-state index is 11.6. The zero-order chi connectivity index (χ0) is 14.5. The van der Waals surface area contributed by atoms with Crippen LogP contribution in [0.2, 0.25) is 0 Å². The summed E-state index contributed by atoms with van der Waals surface area (Å²) in [4.78, 5) is 34.0. The Bertz CT molecular complexity index is 733. The lowest BCUT2D eigenvalue weighted by Crippen LogP contribution is -2.35. The van der Waals surface area contributed by atoms with Crippen molar-refractivity contribution in [1.82, 2.24) is 5.32 Å². The average Bonchev–Trinajstić information content (AvgIpc) is 2.44. The monoisotopic (exact) mass is 272 g/mol. The molecule has 0 atom stereocenters. The number of rotatable bonds is 3. The summed E-state index contributed by atoms with van der Waals surface area (Å²) >= 11 is 0. The minimum Gasteiger partial charge on any atom is -0.423 e. The molecule has 2 rings (SSSR count). The number of hydrogen-bond donors (Lipinski definition) is 2. The van der Waals surface area contributed by atoms with Gasteiger partial charge in [-0.25, -0.2) is 4.79 Å². The fraction of sp³-hybridized carbons (Fsp3) is 0.0714. The summed E-state index contributed by atoms with van der Waals surface area (Å²) < 4.78 is 4.96. The van der Waals surface area contributed by atoms with Crippen LogP contribution in [-0.2, 0) is 9.59 Å². The molecule has 20 heavy (non-hydrogen) atoms. The van der Waals surface area contributed by atoms with Gasteiger partial charge in [-0.2, -0.15) is 0 Å². The van der Waals surface area contributed by atoms with Crippen LogP contribution < -0.4 is 16.3 Å². The molecule has 0 aliphatic heterocycles. The predicted molar refractivity (Wildman–Crippen MR) is 74.3 cm³/mol. The molecule has 6 nitrogen and oxygen atoms in total. The normalized spacial score (nSPS) is 10.0. The van der Waals surface area contributed by atoms with E-state index < -0.39 is 17.4 Å². The standard InChI is InChI=1S/C14H12N2O4/c1-2-7-15-13(18)14(19)16-10-4-5-11-9(8-10)3-6-12(17)20-11/h2-6,8H,1,7H2,(H,15,18)(H,16,19). The lowest BCUT2D eigenvalue weighted by Gasteiger charge is -2.05. The van der Waals surface area contributed by atoms with Crippen molar-refractivity contribution in [2.45, 2.75) is 0 Å². The van der Waals surface area contributed by atoms with Gasteiger partial charge in [0.25, 0.3) is 0 Å². The summed E-state index contributed by atoms with van der Waals surface area (Å²) in [5, 5.41) is 5.47. The van der Waals surface area contributed by atoms with Gasteiger partial charge in [-0.3, -0.25) is 9.59 Å². The Labute approximate surface area is 114 Å². The molecule has 2 amide bonds. The van der Waals surface area contributed by atoms with E-state index in [-0.39, 0.29) is 6.54 Å². The van der Waals surface area contributed by atoms with Crippen LogP contribution in [0.4, 0.5) is 5.69 Å². The molecule has 6 heteroatoms. The van der Waals surface area contributed by atoms with Crippen molar-refractivity contribution in [1.29, 1.82) is 0 Å². The molecule has 1 heterocycles. The highest BCUT2D eigenvalue weighted by Gasteiger charge is 2.12. The Morgan fingerprint density at radius 1 is 1.20 bits per heavy atom. The quantitative estimate of drug-likeness (QED) is 0.496. The van der Waals surface area contributed by atoms with Gasteiger partial charge in [0.1, 0.15) is 5.58 Å². The summed E-state index contributed by atoms with van der Waals surface area (Å²) in [6.45, 7) is 3.65. The largest absolute Gasteiger partial charge is 0.423 e. The molecule has 1 aromatic heterocycles. The molecule has 2 N–H and O–H groups in total. The van der Waals surface area contributed by atoms with Crippen molar-refractivity contribution in [2.24, 2.45) is 0 Å². The van der Waals surface area contributed by atoms with Gasteiger partial charge in [0.15, 0.2) is 0 Å². The van der Waals surface area contributed by atoms with E-state index >= 15 is 0 Å². The topological polar surface area (TPSA) is 88.4 Å². The first kappa shape index (κ1) is 13.5. The molecule has 0 saturated carbocycles. The Morgan fingerprint density at radius 2 is 2.00 bits per heavy atom. The van der Waals surface area contributed by atoms with E-state index in [0.717, 1.165) is 0 Å². The van der Waals surface area contributed by atoms with Crippen LogP contribution in [0.3, 0.4) is 0 Å². The van der Waals surface area contributed by atoms with Gasteiger partial charge >= 0.3 is 17.4 Å². The van der Waals surface area contributed by atoms with Crippen LogP contribution >= 0.6 is 0 Å². The molecule has 102 valence electrons. The Kier molecular flexibility index (Phi) is 3.95. The fourth-order valence-corrected chi connectivity index (χ4v) is 1.58. The first-order chi connectivity index (χ1) is 9.60. The number of amides is 2. The third-order valence-electron chi connectivity index (χ3n) is 2.49. The van der Waals surface area contributed by atoms with Crippen LogP contribution in [0, 0.1) is 0 Å². The van der Waals surface area contributed by atoms with Gasteiger partial charge in [-0.05, 0) is 24.3 Å². The van der Waals surface area contributed by atoms with E-state index in [2.05, 4.69) is 17.2 Å². The summed E-state index contributed by atoms with van der Waals surface area (Å²) in [6, 6.07) is 7.56. The van der Waals surface area contributed by atoms with Crippen molar-refractivity contribution >= 4 is 28.5 Å². The minimum absolute atomic E-state index is 0.217. The van der Waals surface area contributed by atoms with Crippen molar-refractivity contribution < 1.29 is 14.0 Å². The highest BCUT2D eigenvalue weighted by Crippen LogP contribution is 2.17. The molecule has 0 fully saturated rings. The number of hydrogen-bond acceptors (Lipinski definition) is 4. The van der Waals surface area contributed by atoms with Crippen molar-refractivity contribution in [3.63, 3.8) is 0 Å². The van der Waals surface area contributed by atoms with Gasteiger partial charge in [0.2, 0.25) is 0 Å². The van der Waals surface area contributed by atoms with E-state index in [0.29, 0.717) is 16.7 Å². The molecule has 0 aliphatic carbocycles. The van der Waals surface area contributed by atoms with E-state index in [9.17, 15) is 14.4 Å². The fourth-order valence-electron chi connectivity index (χ4n) is 1.58. The molecule has 0 unspecified atom stereocenters. The summed E-state index contributed by atoms with van der Waals surface area (Å²) in [5.41, 5.74) is 0.398. The maximum Gasteiger partial charge on any atom is 0.336 e. The van der Waals surface area contributed by atoms with Crippen LogP contribution in [-0.4, -0.2) is 18.4 Å². The average molecular weight is 272 g/mol. The van der Waals surface area contributed by atoms with Gasteiger partial charge < -0.3 is 15.1 Å². The minimum atomic E-state index is -0.774. The van der Waals surface area contributed by atoms with E-state index in [1.54, 1.807) is 24.3 Å². The highest BCUT2D eigenvalue weighted by atomic mass is 16.4. The number of carbonyl (C=O) groups is 2. The number of nitrogens with one attached hydrogen (secondary N) is 2. The third-order valence-corrected chi connectivity index (χ3v) is 2.49. The SMILES string of the molecule is C=CCNC(=O)C(=O)Nc1ccc2oc(=O)ccc2c1. The number of benzene rings is 1. The lowest BCUT2D eigenvalue weighted by molar-refractivity contribution is -0.136. The van der Waals surface area contributed by atoms with Crippen LogP contribution in [0.5, 0.6) is 0 Å². The smallest absolute Gasteiger partial charge is 0.336 e. The van der Waals surface area contributed by atoms with Crippen LogP contribution in [0.1, 0.15) is 0 Å². The maximum absolute atomic E-state index is 11.6. The number of anilines is 1. The third kappa shape index (κ3) is 3.11. The van der Waals surface area contributed by atoms with Gasteiger partial charge in [-0.15, -0.1) is 6.58 Å². The number of fused-ring (bicyclic) bond motifs is 1. The first-order valence-electron chi connectivity index (χ1n) is 5.84. The highest BCUT2D eigenvalue weighted by molar-refractivity contribution is 6.39. The lowest BCUT2D eigenvalue weighted by atomic mass is 10.2. The van der Waals surface area contributed by atoms with Crippen molar-refractivity contribution in [2.75, 3.05) is 11.9 Å². The van der Waals surface area contributed by atoms with Gasteiger partial charge in [0, 0.05) is 23.7 Å².